The minimum Gasteiger partial charge on any atom is -0.356 e. The molecule has 2 aliphatic heterocycles. The van der Waals surface area contributed by atoms with Gasteiger partial charge in [0.05, 0.1) is 17.0 Å². The maximum Gasteiger partial charge on any atom is 0.417 e. The minimum absolute atomic E-state index is 0.197. The second-order valence-electron chi connectivity index (χ2n) is 8.99. The Bertz CT molecular complexity index is 811. The molecule has 30 heavy (non-hydrogen) atoms. The molecular weight excluding hydrogens is 393 g/mol. The largest absolute Gasteiger partial charge is 0.417 e. The third-order valence-electron chi connectivity index (χ3n) is 7.16. The van der Waals surface area contributed by atoms with Gasteiger partial charge in [-0.1, -0.05) is 0 Å². The lowest BCUT2D eigenvalue weighted by atomic mass is 9.78. The van der Waals surface area contributed by atoms with Gasteiger partial charge >= 0.3 is 6.18 Å². The number of nitriles is 1. The van der Waals surface area contributed by atoms with E-state index in [4.69, 9.17) is 5.26 Å². The number of aromatic nitrogens is 1. The number of anilines is 1. The number of amides is 1. The van der Waals surface area contributed by atoms with Crippen LogP contribution in [0.4, 0.5) is 19.0 Å². The normalized spacial score (nSPS) is 30.0. The SMILES string of the molecule is N#CCC1CCC(N2CC[C@@]3(CCCN(c4ccc(C(F)(F)F)cn4)C3)C2=O)CC1. The van der Waals surface area contributed by atoms with E-state index >= 15 is 0 Å². The molecule has 1 aromatic rings. The first-order chi connectivity index (χ1) is 14.3. The van der Waals surface area contributed by atoms with Crippen LogP contribution in [-0.2, 0) is 11.0 Å². The molecule has 0 aromatic carbocycles. The van der Waals surface area contributed by atoms with Gasteiger partial charge in [-0.05, 0) is 63.0 Å². The van der Waals surface area contributed by atoms with Gasteiger partial charge in [-0.2, -0.15) is 18.4 Å². The van der Waals surface area contributed by atoms with Crippen molar-refractivity contribution in [1.29, 1.82) is 5.26 Å². The summed E-state index contributed by atoms with van der Waals surface area (Å²) in [6.45, 7) is 1.97. The smallest absolute Gasteiger partial charge is 0.356 e. The number of rotatable bonds is 3. The molecule has 1 atom stereocenters. The Morgan fingerprint density at radius 3 is 2.57 bits per heavy atom. The summed E-state index contributed by atoms with van der Waals surface area (Å²) in [5.41, 5.74) is -1.21. The quantitative estimate of drug-likeness (QED) is 0.728. The third kappa shape index (κ3) is 3.99. The zero-order valence-electron chi connectivity index (χ0n) is 17.0. The summed E-state index contributed by atoms with van der Waals surface area (Å²) < 4.78 is 38.5. The van der Waals surface area contributed by atoms with Crippen molar-refractivity contribution in [2.45, 2.75) is 63.6 Å². The van der Waals surface area contributed by atoms with Crippen LogP contribution in [-0.4, -0.2) is 41.5 Å². The first-order valence-corrected chi connectivity index (χ1v) is 10.8. The number of alkyl halides is 3. The van der Waals surface area contributed by atoms with Gasteiger partial charge in [-0.3, -0.25) is 4.79 Å². The van der Waals surface area contributed by atoms with Crippen molar-refractivity contribution in [2.24, 2.45) is 11.3 Å². The van der Waals surface area contributed by atoms with Crippen LogP contribution >= 0.6 is 0 Å². The van der Waals surface area contributed by atoms with E-state index in [9.17, 15) is 18.0 Å². The highest BCUT2D eigenvalue weighted by atomic mass is 19.4. The molecule has 1 saturated carbocycles. The second-order valence-corrected chi connectivity index (χ2v) is 8.99. The van der Waals surface area contributed by atoms with Crippen molar-refractivity contribution in [3.63, 3.8) is 0 Å². The number of pyridine rings is 1. The van der Waals surface area contributed by atoms with Crippen LogP contribution in [0.3, 0.4) is 0 Å². The van der Waals surface area contributed by atoms with E-state index in [0.29, 0.717) is 31.2 Å². The zero-order valence-corrected chi connectivity index (χ0v) is 17.0. The van der Waals surface area contributed by atoms with E-state index in [1.165, 1.54) is 6.07 Å². The molecule has 3 aliphatic rings. The fourth-order valence-electron chi connectivity index (χ4n) is 5.43. The summed E-state index contributed by atoms with van der Waals surface area (Å²) >= 11 is 0. The van der Waals surface area contributed by atoms with E-state index in [0.717, 1.165) is 63.8 Å². The summed E-state index contributed by atoms with van der Waals surface area (Å²) in [5.74, 6) is 1.15. The lowest BCUT2D eigenvalue weighted by Crippen LogP contribution is -2.50. The summed E-state index contributed by atoms with van der Waals surface area (Å²) in [5, 5.41) is 8.90. The number of nitrogens with zero attached hydrogens (tertiary/aromatic N) is 4. The van der Waals surface area contributed by atoms with Crippen LogP contribution in [0.1, 0.15) is 56.9 Å². The highest BCUT2D eigenvalue weighted by Gasteiger charge is 2.50. The lowest BCUT2D eigenvalue weighted by molar-refractivity contribution is -0.139. The topological polar surface area (TPSA) is 60.2 Å². The average molecular weight is 420 g/mol. The van der Waals surface area contributed by atoms with Gasteiger partial charge in [0.1, 0.15) is 5.82 Å². The molecule has 1 aromatic heterocycles. The number of hydrogen-bond donors (Lipinski definition) is 0. The van der Waals surface area contributed by atoms with Gasteiger partial charge in [-0.15, -0.1) is 0 Å². The molecule has 0 radical (unpaired) electrons. The van der Waals surface area contributed by atoms with Crippen LogP contribution in [0.2, 0.25) is 0 Å². The highest BCUT2D eigenvalue weighted by Crippen LogP contribution is 2.44. The van der Waals surface area contributed by atoms with Crippen molar-refractivity contribution in [3.05, 3.63) is 23.9 Å². The summed E-state index contributed by atoms with van der Waals surface area (Å²) in [6, 6.07) is 4.98. The predicted octanol–water partition coefficient (Wildman–Crippen LogP) is 4.39. The van der Waals surface area contributed by atoms with Gasteiger partial charge in [-0.25, -0.2) is 4.98 Å². The Kier molecular flexibility index (Phi) is 5.65. The summed E-state index contributed by atoms with van der Waals surface area (Å²) in [6.07, 6.45) is 3.42. The molecule has 5 nitrogen and oxygen atoms in total. The Hall–Kier alpha value is -2.30. The average Bonchev–Trinajstić information content (AvgIpc) is 3.04. The number of likely N-dealkylation sites (tertiary alicyclic amines) is 1. The first kappa shape index (κ1) is 21.0. The maximum atomic E-state index is 13.4. The minimum atomic E-state index is -4.40. The van der Waals surface area contributed by atoms with Crippen molar-refractivity contribution >= 4 is 11.7 Å². The van der Waals surface area contributed by atoms with Crippen LogP contribution in [0.25, 0.3) is 0 Å². The predicted molar refractivity (Wildman–Crippen MR) is 105 cm³/mol. The Morgan fingerprint density at radius 1 is 1.17 bits per heavy atom. The second kappa shape index (κ2) is 8.09. The Morgan fingerprint density at radius 2 is 1.93 bits per heavy atom. The van der Waals surface area contributed by atoms with Gasteiger partial charge < -0.3 is 9.80 Å². The third-order valence-corrected chi connectivity index (χ3v) is 7.16. The van der Waals surface area contributed by atoms with Gasteiger partial charge in [0.15, 0.2) is 0 Å². The maximum absolute atomic E-state index is 13.4. The van der Waals surface area contributed by atoms with Crippen LogP contribution < -0.4 is 4.90 Å². The molecule has 0 unspecified atom stereocenters. The van der Waals surface area contributed by atoms with E-state index in [1.54, 1.807) is 0 Å². The number of halogens is 3. The van der Waals surface area contributed by atoms with Crippen molar-refractivity contribution in [3.8, 4) is 6.07 Å². The molecule has 4 rings (SSSR count). The van der Waals surface area contributed by atoms with E-state index < -0.39 is 17.2 Å². The van der Waals surface area contributed by atoms with Crippen molar-refractivity contribution in [2.75, 3.05) is 24.5 Å². The molecule has 0 N–H and O–H groups in total. The van der Waals surface area contributed by atoms with Gasteiger partial charge in [0, 0.05) is 38.3 Å². The van der Waals surface area contributed by atoms with Crippen LogP contribution in [0.15, 0.2) is 18.3 Å². The summed E-state index contributed by atoms with van der Waals surface area (Å²) in [7, 11) is 0. The Labute approximate surface area is 174 Å². The Balaban J connectivity index is 1.42. The molecule has 8 heteroatoms. The molecule has 1 amide bonds. The van der Waals surface area contributed by atoms with Crippen LogP contribution in [0, 0.1) is 22.7 Å². The molecule has 3 heterocycles. The van der Waals surface area contributed by atoms with Crippen molar-refractivity contribution in [1.82, 2.24) is 9.88 Å². The van der Waals surface area contributed by atoms with E-state index in [2.05, 4.69) is 11.1 Å². The molecule has 2 saturated heterocycles. The number of carbonyl (C=O) groups is 1. The highest BCUT2D eigenvalue weighted by molar-refractivity contribution is 5.86. The van der Waals surface area contributed by atoms with E-state index in [1.807, 2.05) is 9.80 Å². The zero-order chi connectivity index (χ0) is 21.4. The number of hydrogen-bond acceptors (Lipinski definition) is 4. The molecule has 0 bridgehead atoms. The van der Waals surface area contributed by atoms with Gasteiger partial charge in [0.2, 0.25) is 5.91 Å². The number of piperidine rings is 1. The fraction of sp³-hybridized carbons (Fsp3) is 0.682. The summed E-state index contributed by atoms with van der Waals surface area (Å²) in [4.78, 5) is 21.5. The molecule has 162 valence electrons. The molecular formula is C22H27F3N4O. The first-order valence-electron chi connectivity index (χ1n) is 10.8. The standard InChI is InChI=1S/C22H27F3N4O/c23-22(24,25)17-4-7-19(27-14-17)28-12-1-9-21(15-28)10-13-29(20(21)30)18-5-2-16(3-6-18)8-11-26/h4,7,14,16,18H,1-3,5-6,8-10,12-13,15H2/t16?,18?,21-/m1/s1. The fourth-order valence-corrected chi connectivity index (χ4v) is 5.43. The molecule has 1 spiro atoms. The monoisotopic (exact) mass is 420 g/mol. The molecule has 3 fully saturated rings. The van der Waals surface area contributed by atoms with Gasteiger partial charge in [0.25, 0.3) is 0 Å². The number of carbonyl (C=O) groups excluding carboxylic acids is 1. The van der Waals surface area contributed by atoms with Crippen LogP contribution in [0.5, 0.6) is 0 Å². The van der Waals surface area contributed by atoms with Crippen molar-refractivity contribution < 1.29 is 18.0 Å². The van der Waals surface area contributed by atoms with E-state index in [-0.39, 0.29) is 11.9 Å². The molecule has 1 aliphatic carbocycles. The lowest BCUT2D eigenvalue weighted by Gasteiger charge is -2.41.